The predicted octanol–water partition coefficient (Wildman–Crippen LogP) is 3.11. The zero-order chi connectivity index (χ0) is 15.7. The predicted molar refractivity (Wildman–Crippen MR) is 89.7 cm³/mol. The molecule has 1 atom stereocenters. The highest BCUT2D eigenvalue weighted by Crippen LogP contribution is 2.33. The molecule has 0 aliphatic rings. The molecule has 22 heavy (non-hydrogen) atoms. The summed E-state index contributed by atoms with van der Waals surface area (Å²) in [5, 5.41) is 5.32. The molecule has 0 N–H and O–H groups in total. The van der Waals surface area contributed by atoms with E-state index >= 15 is 0 Å². The zero-order valence-electron chi connectivity index (χ0n) is 12.7. The molecule has 3 aromatic heterocycles. The number of anilines is 1. The van der Waals surface area contributed by atoms with E-state index in [2.05, 4.69) is 60.8 Å². The van der Waals surface area contributed by atoms with Crippen LogP contribution in [0.3, 0.4) is 0 Å². The van der Waals surface area contributed by atoms with Crippen molar-refractivity contribution in [3.63, 3.8) is 0 Å². The lowest BCUT2D eigenvalue weighted by atomic mass is 10.1. The number of hydrogen-bond acceptors (Lipinski definition) is 5. The Morgan fingerprint density at radius 3 is 2.86 bits per heavy atom. The van der Waals surface area contributed by atoms with Gasteiger partial charge in [0.1, 0.15) is 16.7 Å². The standard InChI is InChI=1S/C15H17BrN6/c1-4-22(10(2)11-6-5-7-17-8-11)15-12-13(16)20-21(3)14(12)18-9-19-15/h5-10H,4H2,1-3H3. The van der Waals surface area contributed by atoms with Gasteiger partial charge < -0.3 is 4.90 Å². The fraction of sp³-hybridized carbons (Fsp3) is 0.333. The van der Waals surface area contributed by atoms with Gasteiger partial charge in [-0.25, -0.2) is 14.6 Å². The molecular formula is C15H17BrN6. The molecule has 0 aromatic carbocycles. The Balaban J connectivity index is 2.12. The molecule has 114 valence electrons. The Hall–Kier alpha value is -2.02. The fourth-order valence-electron chi connectivity index (χ4n) is 2.65. The molecule has 0 spiro atoms. The lowest BCUT2D eigenvalue weighted by Gasteiger charge is -2.29. The Bertz CT molecular complexity index is 785. The van der Waals surface area contributed by atoms with Gasteiger partial charge in [-0.1, -0.05) is 6.07 Å². The SMILES string of the molecule is CCN(c1ncnc2c1c(Br)nn2C)C(C)c1cccnc1. The summed E-state index contributed by atoms with van der Waals surface area (Å²) in [6.45, 7) is 5.09. The second-order valence-corrected chi connectivity index (χ2v) is 5.81. The molecule has 0 fully saturated rings. The zero-order valence-corrected chi connectivity index (χ0v) is 14.3. The lowest BCUT2D eigenvalue weighted by Crippen LogP contribution is -2.27. The molecule has 6 nitrogen and oxygen atoms in total. The Morgan fingerprint density at radius 2 is 2.18 bits per heavy atom. The van der Waals surface area contributed by atoms with Crippen molar-refractivity contribution < 1.29 is 0 Å². The van der Waals surface area contributed by atoms with E-state index in [1.54, 1.807) is 17.2 Å². The maximum atomic E-state index is 4.51. The van der Waals surface area contributed by atoms with Gasteiger partial charge in [-0.3, -0.25) is 4.98 Å². The van der Waals surface area contributed by atoms with Gasteiger partial charge in [0.25, 0.3) is 0 Å². The Kier molecular flexibility index (Phi) is 4.06. The minimum atomic E-state index is 0.156. The van der Waals surface area contributed by atoms with Crippen LogP contribution in [0, 0.1) is 0 Å². The number of halogens is 1. The molecule has 0 saturated carbocycles. The van der Waals surface area contributed by atoms with Crippen LogP contribution in [0.15, 0.2) is 35.5 Å². The Morgan fingerprint density at radius 1 is 1.36 bits per heavy atom. The Labute approximate surface area is 137 Å². The second kappa shape index (κ2) is 6.00. The number of hydrogen-bond donors (Lipinski definition) is 0. The summed E-state index contributed by atoms with van der Waals surface area (Å²) in [4.78, 5) is 15.3. The first-order valence-corrected chi connectivity index (χ1v) is 7.92. The van der Waals surface area contributed by atoms with Crippen LogP contribution in [0.2, 0.25) is 0 Å². The smallest absolute Gasteiger partial charge is 0.164 e. The minimum Gasteiger partial charge on any atom is -0.349 e. The number of aryl methyl sites for hydroxylation is 1. The molecule has 0 aliphatic heterocycles. The number of fused-ring (bicyclic) bond motifs is 1. The van der Waals surface area contributed by atoms with E-state index in [1.165, 1.54) is 0 Å². The van der Waals surface area contributed by atoms with Crippen LogP contribution >= 0.6 is 15.9 Å². The number of pyridine rings is 1. The summed E-state index contributed by atoms with van der Waals surface area (Å²) in [6.07, 6.45) is 5.27. The highest BCUT2D eigenvalue weighted by atomic mass is 79.9. The summed E-state index contributed by atoms with van der Waals surface area (Å²) in [5.74, 6) is 0.879. The van der Waals surface area contributed by atoms with Gasteiger partial charge in [0.2, 0.25) is 0 Å². The van der Waals surface area contributed by atoms with Crippen LogP contribution in [0.4, 0.5) is 5.82 Å². The maximum absolute atomic E-state index is 4.51. The third-order valence-electron chi connectivity index (χ3n) is 3.80. The van der Waals surface area contributed by atoms with E-state index in [9.17, 15) is 0 Å². The molecule has 1 unspecified atom stereocenters. The van der Waals surface area contributed by atoms with E-state index < -0.39 is 0 Å². The van der Waals surface area contributed by atoms with Gasteiger partial charge in [0, 0.05) is 26.0 Å². The molecule has 7 heteroatoms. The normalized spacial score (nSPS) is 12.5. The lowest BCUT2D eigenvalue weighted by molar-refractivity contribution is 0.679. The topological polar surface area (TPSA) is 59.7 Å². The number of rotatable bonds is 4. The average molecular weight is 361 g/mol. The van der Waals surface area contributed by atoms with Crippen LogP contribution in [0.25, 0.3) is 11.0 Å². The third-order valence-corrected chi connectivity index (χ3v) is 4.36. The molecule has 0 amide bonds. The first-order valence-electron chi connectivity index (χ1n) is 7.13. The van der Waals surface area contributed by atoms with Gasteiger partial charge in [-0.15, -0.1) is 0 Å². The van der Waals surface area contributed by atoms with Crippen molar-refractivity contribution in [1.29, 1.82) is 0 Å². The maximum Gasteiger partial charge on any atom is 0.164 e. The van der Waals surface area contributed by atoms with Crippen molar-refractivity contribution in [3.8, 4) is 0 Å². The van der Waals surface area contributed by atoms with Gasteiger partial charge in [-0.2, -0.15) is 5.10 Å². The molecule has 3 rings (SSSR count). The summed E-state index contributed by atoms with van der Waals surface area (Å²) in [6, 6.07) is 4.19. The van der Waals surface area contributed by atoms with E-state index in [1.807, 2.05) is 19.3 Å². The first kappa shape index (κ1) is 14.9. The quantitative estimate of drug-likeness (QED) is 0.715. The van der Waals surface area contributed by atoms with Crippen molar-refractivity contribution in [2.75, 3.05) is 11.4 Å². The second-order valence-electron chi connectivity index (χ2n) is 5.06. The summed E-state index contributed by atoms with van der Waals surface area (Å²) >= 11 is 3.52. The molecule has 0 saturated heterocycles. The van der Waals surface area contributed by atoms with Crippen molar-refractivity contribution in [1.82, 2.24) is 24.7 Å². The van der Waals surface area contributed by atoms with Crippen molar-refractivity contribution in [2.45, 2.75) is 19.9 Å². The number of nitrogens with zero attached hydrogens (tertiary/aromatic N) is 6. The van der Waals surface area contributed by atoms with Crippen LogP contribution < -0.4 is 4.90 Å². The molecule has 0 aliphatic carbocycles. The molecule has 0 radical (unpaired) electrons. The van der Waals surface area contributed by atoms with Crippen LogP contribution in [0.5, 0.6) is 0 Å². The molecule has 0 bridgehead atoms. The molecule has 3 heterocycles. The van der Waals surface area contributed by atoms with Crippen LogP contribution in [-0.4, -0.2) is 31.3 Å². The first-order chi connectivity index (χ1) is 10.6. The van der Waals surface area contributed by atoms with Crippen LogP contribution in [-0.2, 0) is 7.05 Å². The third kappa shape index (κ3) is 2.45. The average Bonchev–Trinajstić information content (AvgIpc) is 2.84. The van der Waals surface area contributed by atoms with Gasteiger partial charge in [0.05, 0.1) is 11.4 Å². The van der Waals surface area contributed by atoms with Gasteiger partial charge >= 0.3 is 0 Å². The van der Waals surface area contributed by atoms with Crippen LogP contribution in [0.1, 0.15) is 25.5 Å². The van der Waals surface area contributed by atoms with E-state index in [-0.39, 0.29) is 6.04 Å². The highest BCUT2D eigenvalue weighted by Gasteiger charge is 2.22. The van der Waals surface area contributed by atoms with E-state index in [4.69, 9.17) is 0 Å². The highest BCUT2D eigenvalue weighted by molar-refractivity contribution is 9.10. The fourth-order valence-corrected chi connectivity index (χ4v) is 3.25. The largest absolute Gasteiger partial charge is 0.349 e. The summed E-state index contributed by atoms with van der Waals surface area (Å²) in [7, 11) is 1.88. The number of aromatic nitrogens is 5. The molecule has 3 aromatic rings. The van der Waals surface area contributed by atoms with Crippen molar-refractivity contribution in [3.05, 3.63) is 41.0 Å². The summed E-state index contributed by atoms with van der Waals surface area (Å²) in [5.41, 5.74) is 1.96. The van der Waals surface area contributed by atoms with E-state index in [0.29, 0.717) is 0 Å². The van der Waals surface area contributed by atoms with Gasteiger partial charge in [-0.05, 0) is 41.4 Å². The van der Waals surface area contributed by atoms with E-state index in [0.717, 1.165) is 33.6 Å². The monoisotopic (exact) mass is 360 g/mol. The minimum absolute atomic E-state index is 0.156. The van der Waals surface area contributed by atoms with Gasteiger partial charge in [0.15, 0.2) is 5.65 Å². The van der Waals surface area contributed by atoms with Crippen molar-refractivity contribution >= 4 is 32.8 Å². The van der Waals surface area contributed by atoms with Crippen molar-refractivity contribution in [2.24, 2.45) is 7.05 Å². The summed E-state index contributed by atoms with van der Waals surface area (Å²) < 4.78 is 2.52. The molecular weight excluding hydrogens is 344 g/mol.